The molecule has 0 bridgehead atoms. The molecule has 0 saturated carbocycles. The lowest BCUT2D eigenvalue weighted by Crippen LogP contribution is -1.71. The molecule has 0 rings (SSSR count). The highest BCUT2D eigenvalue weighted by atomic mass is 14.5. The Morgan fingerprint density at radius 2 is 2.00 bits per heavy atom. The molecule has 6 heavy (non-hydrogen) atoms. The maximum absolute atomic E-state index is 4.98. The smallest absolute Gasteiger partial charge is 0.00625 e. The standard InChI is InChI=1S/C5H9N/c1-2-3-4-5-6/h2-5H,6H2,1H3/b3-2+,5-4-. The summed E-state index contributed by atoms with van der Waals surface area (Å²) in [5, 5.41) is 0. The van der Waals surface area contributed by atoms with Crippen LogP contribution in [0.15, 0.2) is 24.4 Å². The molecule has 0 aromatic rings. The molecule has 0 fully saturated rings. The Balaban J connectivity index is 3.07. The molecule has 0 aliphatic rings. The molecule has 34 valence electrons. The molecule has 1 heteroatoms. The lowest BCUT2D eigenvalue weighted by Gasteiger charge is -1.63. The van der Waals surface area contributed by atoms with Gasteiger partial charge in [0, 0.05) is 0 Å². The van der Waals surface area contributed by atoms with Gasteiger partial charge < -0.3 is 5.73 Å². The molecule has 0 radical (unpaired) electrons. The Morgan fingerprint density at radius 3 is 2.17 bits per heavy atom. The van der Waals surface area contributed by atoms with E-state index in [1.54, 1.807) is 6.08 Å². The van der Waals surface area contributed by atoms with E-state index in [4.69, 9.17) is 5.73 Å². The van der Waals surface area contributed by atoms with Crippen LogP contribution in [0.2, 0.25) is 0 Å². The summed E-state index contributed by atoms with van der Waals surface area (Å²) >= 11 is 0. The van der Waals surface area contributed by atoms with Gasteiger partial charge in [-0.3, -0.25) is 0 Å². The van der Waals surface area contributed by atoms with Gasteiger partial charge in [-0.15, -0.1) is 0 Å². The lowest BCUT2D eigenvalue weighted by molar-refractivity contribution is 1.59. The van der Waals surface area contributed by atoms with E-state index < -0.39 is 0 Å². The van der Waals surface area contributed by atoms with Crippen LogP contribution in [0.5, 0.6) is 0 Å². The van der Waals surface area contributed by atoms with Gasteiger partial charge in [-0.25, -0.2) is 0 Å². The third-order valence-electron chi connectivity index (χ3n) is 0.415. The van der Waals surface area contributed by atoms with E-state index in [0.717, 1.165) is 0 Å². The summed E-state index contributed by atoms with van der Waals surface area (Å²) in [5.41, 5.74) is 4.98. The lowest BCUT2D eigenvalue weighted by atomic mass is 10.5. The van der Waals surface area contributed by atoms with Gasteiger partial charge in [0.25, 0.3) is 0 Å². The Kier molecular flexibility index (Phi) is 3.77. The molecule has 0 unspecified atom stereocenters. The summed E-state index contributed by atoms with van der Waals surface area (Å²) in [5.74, 6) is 0. The number of hydrogen-bond acceptors (Lipinski definition) is 1. The number of rotatable bonds is 1. The summed E-state index contributed by atoms with van der Waals surface area (Å²) in [6.07, 6.45) is 7.07. The first-order chi connectivity index (χ1) is 2.91. The molecule has 0 heterocycles. The largest absolute Gasteiger partial charge is 0.405 e. The molecule has 0 saturated heterocycles. The topological polar surface area (TPSA) is 26.0 Å². The summed E-state index contributed by atoms with van der Waals surface area (Å²) < 4.78 is 0. The average molecular weight is 83.1 g/mol. The summed E-state index contributed by atoms with van der Waals surface area (Å²) in [4.78, 5) is 0. The van der Waals surface area contributed by atoms with Gasteiger partial charge in [0.2, 0.25) is 0 Å². The molecule has 0 aliphatic carbocycles. The second-order valence-electron chi connectivity index (χ2n) is 0.911. The molecule has 0 amide bonds. The van der Waals surface area contributed by atoms with E-state index in [1.807, 2.05) is 19.1 Å². The number of nitrogens with two attached hydrogens (primary N) is 1. The first-order valence-corrected chi connectivity index (χ1v) is 1.91. The minimum atomic E-state index is 1.50. The number of allylic oxidation sites excluding steroid dienone is 3. The fourth-order valence-electron chi connectivity index (χ4n) is 0.175. The molecule has 1 nitrogen and oxygen atoms in total. The van der Waals surface area contributed by atoms with E-state index in [9.17, 15) is 0 Å². The van der Waals surface area contributed by atoms with Gasteiger partial charge >= 0.3 is 0 Å². The van der Waals surface area contributed by atoms with E-state index in [1.165, 1.54) is 6.20 Å². The Labute approximate surface area is 38.2 Å². The van der Waals surface area contributed by atoms with Gasteiger partial charge in [0.15, 0.2) is 0 Å². The second-order valence-corrected chi connectivity index (χ2v) is 0.911. The van der Waals surface area contributed by atoms with Crippen LogP contribution in [0, 0.1) is 0 Å². The van der Waals surface area contributed by atoms with Crippen molar-refractivity contribution in [3.8, 4) is 0 Å². The van der Waals surface area contributed by atoms with Crippen molar-refractivity contribution in [2.24, 2.45) is 5.73 Å². The van der Waals surface area contributed by atoms with Crippen LogP contribution in [0.4, 0.5) is 0 Å². The van der Waals surface area contributed by atoms with Crippen LogP contribution < -0.4 is 5.73 Å². The average Bonchev–Trinajstić information content (AvgIpc) is 1.61. The number of hydrogen-bond donors (Lipinski definition) is 1. The fraction of sp³-hybridized carbons (Fsp3) is 0.200. The molecule has 0 aliphatic heterocycles. The Morgan fingerprint density at radius 1 is 1.33 bits per heavy atom. The normalized spacial score (nSPS) is 11.5. The van der Waals surface area contributed by atoms with Crippen LogP contribution in [-0.4, -0.2) is 0 Å². The van der Waals surface area contributed by atoms with Crippen molar-refractivity contribution in [2.45, 2.75) is 6.92 Å². The van der Waals surface area contributed by atoms with Crippen LogP contribution in [0.3, 0.4) is 0 Å². The predicted octanol–water partition coefficient (Wildman–Crippen LogP) is 1.03. The molecular weight excluding hydrogens is 74.1 g/mol. The van der Waals surface area contributed by atoms with Gasteiger partial charge in [-0.05, 0) is 19.2 Å². The Bertz CT molecular complexity index is 52.3. The highest BCUT2D eigenvalue weighted by Crippen LogP contribution is 1.67. The molecule has 0 atom stereocenters. The van der Waals surface area contributed by atoms with Gasteiger partial charge in [-0.1, -0.05) is 12.2 Å². The van der Waals surface area contributed by atoms with Gasteiger partial charge in [0.05, 0.1) is 0 Å². The first-order valence-electron chi connectivity index (χ1n) is 1.91. The van der Waals surface area contributed by atoms with E-state index >= 15 is 0 Å². The highest BCUT2D eigenvalue weighted by Gasteiger charge is 1.48. The maximum atomic E-state index is 4.98. The van der Waals surface area contributed by atoms with Crippen LogP contribution in [-0.2, 0) is 0 Å². The monoisotopic (exact) mass is 83.1 g/mol. The minimum absolute atomic E-state index is 1.50. The summed E-state index contributed by atoms with van der Waals surface area (Å²) in [6, 6.07) is 0. The van der Waals surface area contributed by atoms with Crippen molar-refractivity contribution in [1.29, 1.82) is 0 Å². The predicted molar refractivity (Wildman–Crippen MR) is 28.1 cm³/mol. The molecular formula is C5H9N. The highest BCUT2D eigenvalue weighted by molar-refractivity contribution is 4.98. The van der Waals surface area contributed by atoms with Crippen molar-refractivity contribution in [3.63, 3.8) is 0 Å². The molecule has 2 N–H and O–H groups in total. The third-order valence-corrected chi connectivity index (χ3v) is 0.415. The molecule has 0 aromatic heterocycles. The van der Waals surface area contributed by atoms with Crippen LogP contribution in [0.1, 0.15) is 6.92 Å². The van der Waals surface area contributed by atoms with Crippen molar-refractivity contribution < 1.29 is 0 Å². The van der Waals surface area contributed by atoms with Gasteiger partial charge in [0.1, 0.15) is 0 Å². The SMILES string of the molecule is C/C=C/C=C\N. The van der Waals surface area contributed by atoms with Crippen molar-refractivity contribution >= 4 is 0 Å². The fourth-order valence-corrected chi connectivity index (χ4v) is 0.175. The zero-order valence-electron chi connectivity index (χ0n) is 3.89. The van der Waals surface area contributed by atoms with E-state index in [0.29, 0.717) is 0 Å². The minimum Gasteiger partial charge on any atom is -0.405 e. The zero-order chi connectivity index (χ0) is 4.83. The van der Waals surface area contributed by atoms with Crippen molar-refractivity contribution in [3.05, 3.63) is 24.4 Å². The van der Waals surface area contributed by atoms with Gasteiger partial charge in [-0.2, -0.15) is 0 Å². The Hall–Kier alpha value is -0.720. The van der Waals surface area contributed by atoms with E-state index in [-0.39, 0.29) is 0 Å². The molecule has 0 spiro atoms. The summed E-state index contributed by atoms with van der Waals surface area (Å²) in [6.45, 7) is 1.94. The van der Waals surface area contributed by atoms with Crippen LogP contribution in [0.25, 0.3) is 0 Å². The first kappa shape index (κ1) is 5.28. The zero-order valence-corrected chi connectivity index (χ0v) is 3.89. The summed E-state index contributed by atoms with van der Waals surface area (Å²) in [7, 11) is 0. The molecule has 0 aromatic carbocycles. The second kappa shape index (κ2) is 4.28. The maximum Gasteiger partial charge on any atom is -0.00625 e. The van der Waals surface area contributed by atoms with Crippen LogP contribution >= 0.6 is 0 Å². The van der Waals surface area contributed by atoms with E-state index in [2.05, 4.69) is 0 Å². The quantitative estimate of drug-likeness (QED) is 0.471. The van der Waals surface area contributed by atoms with Crippen molar-refractivity contribution in [1.82, 2.24) is 0 Å². The van der Waals surface area contributed by atoms with Crippen molar-refractivity contribution in [2.75, 3.05) is 0 Å². The third kappa shape index (κ3) is 3.28.